The summed E-state index contributed by atoms with van der Waals surface area (Å²) < 4.78 is 26.9. The van der Waals surface area contributed by atoms with Crippen molar-refractivity contribution in [2.45, 2.75) is 56.4 Å². The van der Waals surface area contributed by atoms with E-state index >= 15 is 0 Å². The Morgan fingerprint density at radius 2 is 1.72 bits per heavy atom. The largest absolute Gasteiger partial charge is 0.317 e. The van der Waals surface area contributed by atoms with Crippen LogP contribution in [-0.4, -0.2) is 38.8 Å². The Balaban J connectivity index is 1.40. The highest BCUT2D eigenvalue weighted by atomic mass is 32.2. The van der Waals surface area contributed by atoms with E-state index in [1.807, 2.05) is 18.2 Å². The fourth-order valence-electron chi connectivity index (χ4n) is 4.01. The summed E-state index contributed by atoms with van der Waals surface area (Å²) in [5, 5.41) is 6.78. The molecule has 156 valence electrons. The molecule has 2 aromatic rings. The van der Waals surface area contributed by atoms with Gasteiger partial charge < -0.3 is 10.6 Å². The molecular weight excluding hydrogens is 382 g/mol. The molecular formula is C23H31N3O2S. The van der Waals surface area contributed by atoms with Crippen LogP contribution in [0.3, 0.4) is 0 Å². The minimum Gasteiger partial charge on any atom is -0.317 e. The zero-order valence-corrected chi connectivity index (χ0v) is 18.0. The van der Waals surface area contributed by atoms with Crippen LogP contribution in [-0.2, 0) is 10.0 Å². The molecule has 5 nitrogen and oxygen atoms in total. The van der Waals surface area contributed by atoms with Gasteiger partial charge in [0.05, 0.1) is 5.25 Å². The summed E-state index contributed by atoms with van der Waals surface area (Å²) in [6.07, 6.45) is 3.66. The van der Waals surface area contributed by atoms with Crippen LogP contribution < -0.4 is 15.4 Å². The average Bonchev–Trinajstić information content (AvgIpc) is 3.48. The normalized spacial score (nSPS) is 22.6. The number of hydrogen-bond donors (Lipinski definition) is 3. The van der Waals surface area contributed by atoms with Crippen LogP contribution in [0.1, 0.15) is 44.6 Å². The van der Waals surface area contributed by atoms with Crippen molar-refractivity contribution in [3.63, 3.8) is 0 Å². The molecule has 1 aliphatic carbocycles. The lowest BCUT2D eigenvalue weighted by molar-refractivity contribution is 0.383. The second kappa shape index (κ2) is 8.46. The Hall–Kier alpha value is -1.89. The Morgan fingerprint density at radius 1 is 1.00 bits per heavy atom. The first kappa shape index (κ1) is 20.4. The topological polar surface area (TPSA) is 70.2 Å². The molecule has 29 heavy (non-hydrogen) atoms. The number of benzene rings is 2. The monoisotopic (exact) mass is 413 g/mol. The van der Waals surface area contributed by atoms with Crippen LogP contribution >= 0.6 is 0 Å². The van der Waals surface area contributed by atoms with Crippen molar-refractivity contribution >= 4 is 15.7 Å². The molecule has 4 rings (SSSR count). The van der Waals surface area contributed by atoms with Crippen molar-refractivity contribution in [3.05, 3.63) is 54.1 Å². The lowest BCUT2D eigenvalue weighted by Gasteiger charge is -2.24. The number of hydrogen-bond acceptors (Lipinski definition) is 4. The van der Waals surface area contributed by atoms with E-state index in [1.54, 1.807) is 19.9 Å². The maximum atomic E-state index is 12.1. The SMILES string of the molecule is CC(C)S(=O)(=O)Nc1cccc(-c2ccc(C3CC3NC3CCNCC3)cc2)c1. The zero-order valence-electron chi connectivity index (χ0n) is 17.2. The van der Waals surface area contributed by atoms with Crippen LogP contribution in [0.15, 0.2) is 48.5 Å². The number of anilines is 1. The number of piperidine rings is 1. The van der Waals surface area contributed by atoms with Crippen molar-refractivity contribution in [1.82, 2.24) is 10.6 Å². The maximum Gasteiger partial charge on any atom is 0.235 e. The molecule has 2 unspecified atom stereocenters. The molecule has 1 aliphatic heterocycles. The predicted molar refractivity (Wildman–Crippen MR) is 120 cm³/mol. The summed E-state index contributed by atoms with van der Waals surface area (Å²) in [4.78, 5) is 0. The van der Waals surface area contributed by atoms with E-state index in [-0.39, 0.29) is 0 Å². The van der Waals surface area contributed by atoms with Gasteiger partial charge in [0, 0.05) is 23.7 Å². The van der Waals surface area contributed by atoms with E-state index in [4.69, 9.17) is 0 Å². The van der Waals surface area contributed by atoms with Crippen LogP contribution in [0.25, 0.3) is 11.1 Å². The van der Waals surface area contributed by atoms with Gasteiger partial charge in [0.25, 0.3) is 0 Å². The Morgan fingerprint density at radius 3 is 2.41 bits per heavy atom. The van der Waals surface area contributed by atoms with E-state index in [0.717, 1.165) is 24.2 Å². The van der Waals surface area contributed by atoms with Crippen molar-refractivity contribution in [2.75, 3.05) is 17.8 Å². The van der Waals surface area contributed by atoms with Crippen LogP contribution in [0.5, 0.6) is 0 Å². The van der Waals surface area contributed by atoms with Gasteiger partial charge in [-0.25, -0.2) is 8.42 Å². The maximum absolute atomic E-state index is 12.1. The Bertz CT molecular complexity index is 935. The van der Waals surface area contributed by atoms with E-state index < -0.39 is 15.3 Å². The molecule has 2 fully saturated rings. The highest BCUT2D eigenvalue weighted by Crippen LogP contribution is 2.42. The quantitative estimate of drug-likeness (QED) is 0.647. The van der Waals surface area contributed by atoms with Crippen molar-refractivity contribution < 1.29 is 8.42 Å². The number of rotatable bonds is 7. The second-order valence-electron chi connectivity index (χ2n) is 8.54. The van der Waals surface area contributed by atoms with Crippen LogP contribution in [0.4, 0.5) is 5.69 Å². The summed E-state index contributed by atoms with van der Waals surface area (Å²) in [6.45, 7) is 5.60. The molecule has 0 bridgehead atoms. The second-order valence-corrected chi connectivity index (χ2v) is 10.8. The summed E-state index contributed by atoms with van der Waals surface area (Å²) >= 11 is 0. The molecule has 0 amide bonds. The summed E-state index contributed by atoms with van der Waals surface area (Å²) in [7, 11) is -3.34. The summed E-state index contributed by atoms with van der Waals surface area (Å²) in [5.41, 5.74) is 4.11. The zero-order chi connectivity index (χ0) is 20.4. The van der Waals surface area contributed by atoms with Crippen molar-refractivity contribution in [1.29, 1.82) is 0 Å². The first-order valence-corrected chi connectivity index (χ1v) is 12.2. The lowest BCUT2D eigenvalue weighted by atomic mass is 10.0. The highest BCUT2D eigenvalue weighted by Gasteiger charge is 2.39. The molecule has 6 heteroatoms. The van der Waals surface area contributed by atoms with Gasteiger partial charge in [-0.1, -0.05) is 36.4 Å². The molecule has 2 aliphatic rings. The van der Waals surface area contributed by atoms with Gasteiger partial charge in [0.15, 0.2) is 0 Å². The van der Waals surface area contributed by atoms with Gasteiger partial charge in [0.2, 0.25) is 10.0 Å². The number of nitrogens with one attached hydrogen (secondary N) is 3. The fourth-order valence-corrected chi connectivity index (χ4v) is 4.70. The van der Waals surface area contributed by atoms with Crippen LogP contribution in [0.2, 0.25) is 0 Å². The average molecular weight is 414 g/mol. The van der Waals surface area contributed by atoms with E-state index in [0.29, 0.717) is 23.7 Å². The van der Waals surface area contributed by atoms with Crippen molar-refractivity contribution in [2.24, 2.45) is 0 Å². The third-order valence-electron chi connectivity index (χ3n) is 5.99. The van der Waals surface area contributed by atoms with E-state index in [9.17, 15) is 8.42 Å². The third-order valence-corrected chi connectivity index (χ3v) is 7.76. The van der Waals surface area contributed by atoms with Gasteiger partial charge in [-0.15, -0.1) is 0 Å². The molecule has 0 radical (unpaired) electrons. The van der Waals surface area contributed by atoms with E-state index in [2.05, 4.69) is 39.6 Å². The van der Waals surface area contributed by atoms with Gasteiger partial charge in [0.1, 0.15) is 0 Å². The third kappa shape index (κ3) is 5.00. The number of sulfonamides is 1. The van der Waals surface area contributed by atoms with Crippen LogP contribution in [0, 0.1) is 0 Å². The van der Waals surface area contributed by atoms with Gasteiger partial charge in [-0.05, 0) is 75.0 Å². The minimum atomic E-state index is -3.34. The Labute approximate surface area is 174 Å². The molecule has 1 saturated carbocycles. The van der Waals surface area contributed by atoms with E-state index in [1.165, 1.54) is 24.8 Å². The highest BCUT2D eigenvalue weighted by molar-refractivity contribution is 7.93. The molecule has 2 atom stereocenters. The van der Waals surface area contributed by atoms with Gasteiger partial charge in [-0.2, -0.15) is 0 Å². The molecule has 1 saturated heterocycles. The molecule has 3 N–H and O–H groups in total. The summed E-state index contributed by atoms with van der Waals surface area (Å²) in [6, 6.07) is 17.6. The lowest BCUT2D eigenvalue weighted by Crippen LogP contribution is -2.41. The van der Waals surface area contributed by atoms with Crippen molar-refractivity contribution in [3.8, 4) is 11.1 Å². The first-order valence-electron chi connectivity index (χ1n) is 10.6. The predicted octanol–water partition coefficient (Wildman–Crippen LogP) is 3.70. The van der Waals surface area contributed by atoms with Gasteiger partial charge >= 0.3 is 0 Å². The standard InChI is InChI=1S/C23H31N3O2S/c1-16(2)29(27,28)26-21-5-3-4-19(14-21)17-6-8-18(9-7-17)22-15-23(22)25-20-10-12-24-13-11-20/h3-9,14,16,20,22-26H,10-13,15H2,1-2H3. The summed E-state index contributed by atoms with van der Waals surface area (Å²) in [5.74, 6) is 0.614. The fraction of sp³-hybridized carbons (Fsp3) is 0.478. The first-order chi connectivity index (χ1) is 13.9. The Kier molecular flexibility index (Phi) is 5.95. The molecule has 0 aromatic heterocycles. The molecule has 0 spiro atoms. The molecule has 2 aromatic carbocycles. The van der Waals surface area contributed by atoms with Gasteiger partial charge in [-0.3, -0.25) is 4.72 Å². The minimum absolute atomic E-state index is 0.463. The molecule has 1 heterocycles. The smallest absolute Gasteiger partial charge is 0.235 e.